The highest BCUT2D eigenvalue weighted by Crippen LogP contribution is 2.24. The minimum absolute atomic E-state index is 0.0871. The normalized spacial score (nSPS) is 12.0. The van der Waals surface area contributed by atoms with Crippen molar-refractivity contribution in [3.05, 3.63) is 64.7 Å². The summed E-state index contributed by atoms with van der Waals surface area (Å²) in [5, 5.41) is 4.74. The number of nitrogens with one attached hydrogen (secondary N) is 1. The van der Waals surface area contributed by atoms with Crippen molar-refractivity contribution in [2.45, 2.75) is 33.1 Å². The van der Waals surface area contributed by atoms with Gasteiger partial charge in [-0.05, 0) is 47.7 Å². The van der Waals surface area contributed by atoms with E-state index in [1.807, 2.05) is 43.3 Å². The van der Waals surface area contributed by atoms with Gasteiger partial charge in [0.05, 0.1) is 5.71 Å². The van der Waals surface area contributed by atoms with Crippen LogP contribution >= 0.6 is 11.6 Å². The SMILES string of the molecule is C/C(=N/NC(=O)COc1ccc(C(C)(C)C)cc1)c1ccc(Cl)cc1. The number of hydrogen-bond acceptors (Lipinski definition) is 3. The van der Waals surface area contributed by atoms with Crippen LogP contribution in [0.2, 0.25) is 5.02 Å². The maximum atomic E-state index is 11.9. The third-order valence-electron chi connectivity index (χ3n) is 3.70. The number of rotatable bonds is 5. The summed E-state index contributed by atoms with van der Waals surface area (Å²) in [5.74, 6) is 0.342. The van der Waals surface area contributed by atoms with Crippen LogP contribution in [0.25, 0.3) is 0 Å². The van der Waals surface area contributed by atoms with Crippen LogP contribution in [0.5, 0.6) is 5.75 Å². The number of carbonyl (C=O) groups is 1. The van der Waals surface area contributed by atoms with Crippen molar-refractivity contribution >= 4 is 23.2 Å². The first-order valence-corrected chi connectivity index (χ1v) is 8.46. The molecule has 0 heterocycles. The number of amides is 1. The summed E-state index contributed by atoms with van der Waals surface area (Å²) >= 11 is 5.85. The second-order valence-corrected chi connectivity index (χ2v) is 7.24. The third kappa shape index (κ3) is 5.91. The molecule has 132 valence electrons. The van der Waals surface area contributed by atoms with Gasteiger partial charge < -0.3 is 4.74 Å². The Morgan fingerprint density at radius 1 is 1.08 bits per heavy atom. The van der Waals surface area contributed by atoms with Crippen LogP contribution in [0.3, 0.4) is 0 Å². The highest BCUT2D eigenvalue weighted by molar-refractivity contribution is 6.30. The highest BCUT2D eigenvalue weighted by atomic mass is 35.5. The van der Waals surface area contributed by atoms with E-state index in [1.54, 1.807) is 12.1 Å². The smallest absolute Gasteiger partial charge is 0.277 e. The number of hydrogen-bond donors (Lipinski definition) is 1. The van der Waals surface area contributed by atoms with Crippen molar-refractivity contribution in [3.63, 3.8) is 0 Å². The molecule has 4 nitrogen and oxygen atoms in total. The molecule has 0 unspecified atom stereocenters. The Labute approximate surface area is 153 Å². The molecule has 0 saturated heterocycles. The molecule has 25 heavy (non-hydrogen) atoms. The summed E-state index contributed by atoms with van der Waals surface area (Å²) < 4.78 is 5.49. The van der Waals surface area contributed by atoms with E-state index in [1.165, 1.54) is 5.56 Å². The van der Waals surface area contributed by atoms with E-state index in [2.05, 4.69) is 31.3 Å². The minimum atomic E-state index is -0.312. The zero-order valence-electron chi connectivity index (χ0n) is 15.0. The maximum absolute atomic E-state index is 11.9. The van der Waals surface area contributed by atoms with Crippen LogP contribution in [0.1, 0.15) is 38.8 Å². The van der Waals surface area contributed by atoms with Gasteiger partial charge in [0, 0.05) is 5.02 Å². The van der Waals surface area contributed by atoms with Crippen LogP contribution in [0.4, 0.5) is 0 Å². The molecule has 0 aliphatic carbocycles. The lowest BCUT2D eigenvalue weighted by atomic mass is 9.87. The van der Waals surface area contributed by atoms with Gasteiger partial charge in [-0.1, -0.05) is 56.6 Å². The van der Waals surface area contributed by atoms with E-state index in [0.717, 1.165) is 5.56 Å². The monoisotopic (exact) mass is 358 g/mol. The van der Waals surface area contributed by atoms with E-state index >= 15 is 0 Å². The molecule has 1 N–H and O–H groups in total. The number of hydrazone groups is 1. The van der Waals surface area contributed by atoms with Crippen molar-refractivity contribution in [1.82, 2.24) is 5.43 Å². The van der Waals surface area contributed by atoms with Crippen molar-refractivity contribution in [1.29, 1.82) is 0 Å². The summed E-state index contributed by atoms with van der Waals surface area (Å²) in [6.07, 6.45) is 0. The molecule has 0 spiro atoms. The van der Waals surface area contributed by atoms with Gasteiger partial charge in [-0.15, -0.1) is 0 Å². The predicted molar refractivity (Wildman–Crippen MR) is 102 cm³/mol. The summed E-state index contributed by atoms with van der Waals surface area (Å²) in [5.41, 5.74) is 5.38. The summed E-state index contributed by atoms with van der Waals surface area (Å²) in [7, 11) is 0. The molecule has 0 aromatic heterocycles. The van der Waals surface area contributed by atoms with E-state index in [0.29, 0.717) is 16.5 Å². The highest BCUT2D eigenvalue weighted by Gasteiger charge is 2.13. The van der Waals surface area contributed by atoms with E-state index in [-0.39, 0.29) is 17.9 Å². The number of benzene rings is 2. The lowest BCUT2D eigenvalue weighted by molar-refractivity contribution is -0.123. The molecule has 0 fully saturated rings. The van der Waals surface area contributed by atoms with Gasteiger partial charge in [0.25, 0.3) is 5.91 Å². The van der Waals surface area contributed by atoms with Gasteiger partial charge in [-0.2, -0.15) is 5.10 Å². The first kappa shape index (κ1) is 19.0. The van der Waals surface area contributed by atoms with Crippen molar-refractivity contribution in [3.8, 4) is 5.75 Å². The molecule has 2 rings (SSSR count). The average molecular weight is 359 g/mol. The zero-order chi connectivity index (χ0) is 18.4. The molecule has 1 amide bonds. The molecular formula is C20H23ClN2O2. The zero-order valence-corrected chi connectivity index (χ0v) is 15.7. The van der Waals surface area contributed by atoms with Crippen LogP contribution in [0.15, 0.2) is 53.6 Å². The molecule has 2 aromatic carbocycles. The van der Waals surface area contributed by atoms with Crippen LogP contribution in [0, 0.1) is 0 Å². The van der Waals surface area contributed by atoms with Crippen LogP contribution in [-0.2, 0) is 10.2 Å². The van der Waals surface area contributed by atoms with E-state index in [4.69, 9.17) is 16.3 Å². The average Bonchev–Trinajstić information content (AvgIpc) is 2.58. The van der Waals surface area contributed by atoms with E-state index < -0.39 is 0 Å². The summed E-state index contributed by atoms with van der Waals surface area (Å²) in [6, 6.07) is 15.0. The van der Waals surface area contributed by atoms with Crippen LogP contribution < -0.4 is 10.2 Å². The maximum Gasteiger partial charge on any atom is 0.277 e. The molecule has 0 saturated carbocycles. The second-order valence-electron chi connectivity index (χ2n) is 6.80. The molecule has 0 aliphatic heterocycles. The van der Waals surface area contributed by atoms with Gasteiger partial charge in [0.15, 0.2) is 6.61 Å². The fourth-order valence-corrected chi connectivity index (χ4v) is 2.26. The molecule has 0 radical (unpaired) electrons. The molecule has 0 aliphatic rings. The van der Waals surface area contributed by atoms with Gasteiger partial charge in [0.2, 0.25) is 0 Å². The summed E-state index contributed by atoms with van der Waals surface area (Å²) in [6.45, 7) is 8.17. The fraction of sp³-hybridized carbons (Fsp3) is 0.300. The molecule has 0 atom stereocenters. The number of ether oxygens (including phenoxy) is 1. The Bertz CT molecular complexity index is 745. The van der Waals surface area contributed by atoms with Crippen molar-refractivity contribution in [2.24, 2.45) is 5.10 Å². The lowest BCUT2D eigenvalue weighted by Crippen LogP contribution is -2.25. The van der Waals surface area contributed by atoms with E-state index in [9.17, 15) is 4.79 Å². The molecular weight excluding hydrogens is 336 g/mol. The standard InChI is InChI=1S/C20H23ClN2O2/c1-14(15-5-9-17(21)10-6-15)22-23-19(24)13-25-18-11-7-16(8-12-18)20(2,3)4/h5-12H,13H2,1-4H3,(H,23,24)/b22-14-. The van der Waals surface area contributed by atoms with Gasteiger partial charge in [-0.3, -0.25) is 4.79 Å². The van der Waals surface area contributed by atoms with Crippen molar-refractivity contribution in [2.75, 3.05) is 6.61 Å². The van der Waals surface area contributed by atoms with Crippen molar-refractivity contribution < 1.29 is 9.53 Å². The first-order chi connectivity index (χ1) is 11.8. The largest absolute Gasteiger partial charge is 0.484 e. The predicted octanol–water partition coefficient (Wildman–Crippen LogP) is 4.56. The Morgan fingerprint density at radius 3 is 2.24 bits per heavy atom. The molecule has 5 heteroatoms. The fourth-order valence-electron chi connectivity index (χ4n) is 2.13. The second kappa shape index (κ2) is 8.17. The Kier molecular flexibility index (Phi) is 6.21. The summed E-state index contributed by atoms with van der Waals surface area (Å²) in [4.78, 5) is 11.9. The van der Waals surface area contributed by atoms with Crippen LogP contribution in [-0.4, -0.2) is 18.2 Å². The first-order valence-electron chi connectivity index (χ1n) is 8.08. The third-order valence-corrected chi connectivity index (χ3v) is 3.95. The minimum Gasteiger partial charge on any atom is -0.484 e. The van der Waals surface area contributed by atoms with Gasteiger partial charge in [0.1, 0.15) is 5.75 Å². The number of carbonyl (C=O) groups excluding carboxylic acids is 1. The number of halogens is 1. The Balaban J connectivity index is 1.86. The van der Waals surface area contributed by atoms with Gasteiger partial charge >= 0.3 is 0 Å². The quantitative estimate of drug-likeness (QED) is 0.629. The van der Waals surface area contributed by atoms with Gasteiger partial charge in [-0.25, -0.2) is 5.43 Å². The Morgan fingerprint density at radius 2 is 1.68 bits per heavy atom. The topological polar surface area (TPSA) is 50.7 Å². The molecule has 2 aromatic rings. The Hall–Kier alpha value is -2.33. The molecule has 0 bridgehead atoms. The number of nitrogens with zero attached hydrogens (tertiary/aromatic N) is 1. The lowest BCUT2D eigenvalue weighted by Gasteiger charge is -2.19.